The summed E-state index contributed by atoms with van der Waals surface area (Å²) in [6.45, 7) is 7.09. The molecule has 0 saturated carbocycles. The number of aromatic nitrogens is 1. The van der Waals surface area contributed by atoms with Crippen LogP contribution in [0.3, 0.4) is 0 Å². The van der Waals surface area contributed by atoms with Crippen LogP contribution in [0.25, 0.3) is 10.9 Å². The minimum absolute atomic E-state index is 0.0179. The number of para-hydroxylation sites is 1. The summed E-state index contributed by atoms with van der Waals surface area (Å²) >= 11 is 0. The number of phenolic OH excluding ortho intramolecular Hbond substituents is 1. The zero-order valence-electron chi connectivity index (χ0n) is 20.5. The van der Waals surface area contributed by atoms with Crippen molar-refractivity contribution < 1.29 is 32.3 Å². The minimum atomic E-state index is -3.70. The van der Waals surface area contributed by atoms with E-state index in [0.717, 1.165) is 17.2 Å². The minimum Gasteiger partial charge on any atom is -0.508 e. The summed E-state index contributed by atoms with van der Waals surface area (Å²) < 4.78 is 33.9. The standard InChI is InChI=1S/C25H32N2O7S/c1-16(12-18-14-26-23-20(18)10-7-11-22(23)34-35(5,31)32)27(24(30)33-25(2,3)4)15-21(29)17-8-6-9-19(28)13-17/h6-11,13-14,16,21,26,28-29H,12,15H2,1-5H3/t16-,21+/m1/s1. The number of phenols is 1. The SMILES string of the molecule is C[C@H](Cc1c[nH]c2c(OS(C)(=O)=O)cccc12)N(C[C@H](O)c1cccc(O)c1)C(=O)OC(C)(C)C. The molecule has 0 bridgehead atoms. The van der Waals surface area contributed by atoms with Gasteiger partial charge in [0.15, 0.2) is 5.75 Å². The van der Waals surface area contributed by atoms with Gasteiger partial charge in [-0.2, -0.15) is 8.42 Å². The van der Waals surface area contributed by atoms with E-state index in [1.165, 1.54) is 17.0 Å². The number of carbonyl (C=O) groups is 1. The van der Waals surface area contributed by atoms with Gasteiger partial charge in [0.05, 0.1) is 24.4 Å². The summed E-state index contributed by atoms with van der Waals surface area (Å²) in [7, 11) is -3.70. The first-order valence-electron chi connectivity index (χ1n) is 11.2. The number of hydrogen-bond acceptors (Lipinski definition) is 7. The molecule has 1 aromatic heterocycles. The van der Waals surface area contributed by atoms with Gasteiger partial charge in [-0.15, -0.1) is 0 Å². The maximum absolute atomic E-state index is 13.1. The molecule has 0 saturated heterocycles. The van der Waals surface area contributed by atoms with Gasteiger partial charge < -0.3 is 29.0 Å². The molecule has 3 aromatic rings. The highest BCUT2D eigenvalue weighted by atomic mass is 32.2. The molecule has 190 valence electrons. The van der Waals surface area contributed by atoms with Crippen LogP contribution in [-0.4, -0.2) is 59.1 Å². The van der Waals surface area contributed by atoms with Crippen molar-refractivity contribution in [2.24, 2.45) is 0 Å². The lowest BCUT2D eigenvalue weighted by molar-refractivity contribution is 0.00549. The summed E-state index contributed by atoms with van der Waals surface area (Å²) in [6, 6.07) is 10.9. The van der Waals surface area contributed by atoms with Crippen molar-refractivity contribution in [2.45, 2.75) is 51.9 Å². The molecule has 0 unspecified atom stereocenters. The van der Waals surface area contributed by atoms with Crippen LogP contribution in [-0.2, 0) is 21.3 Å². The first kappa shape index (κ1) is 26.4. The summed E-state index contributed by atoms with van der Waals surface area (Å²) in [6.07, 6.45) is 1.50. The number of nitrogens with one attached hydrogen (secondary N) is 1. The normalized spacial score (nSPS) is 13.9. The molecule has 0 aliphatic heterocycles. The molecule has 0 fully saturated rings. The predicted octanol–water partition coefficient (Wildman–Crippen LogP) is 4.11. The number of benzene rings is 2. The number of aliphatic hydroxyl groups is 1. The van der Waals surface area contributed by atoms with E-state index in [1.807, 2.05) is 13.0 Å². The lowest BCUT2D eigenvalue weighted by atomic mass is 10.0. The molecular formula is C25H32N2O7S. The summed E-state index contributed by atoms with van der Waals surface area (Å²) in [5.41, 5.74) is 1.11. The Morgan fingerprint density at radius 3 is 2.49 bits per heavy atom. The Morgan fingerprint density at radius 2 is 1.86 bits per heavy atom. The lowest BCUT2D eigenvalue weighted by Gasteiger charge is -2.33. The number of carbonyl (C=O) groups excluding carboxylic acids is 1. The van der Waals surface area contributed by atoms with E-state index >= 15 is 0 Å². The number of H-pyrrole nitrogens is 1. The monoisotopic (exact) mass is 504 g/mol. The molecule has 0 aliphatic carbocycles. The van der Waals surface area contributed by atoms with Crippen molar-refractivity contribution in [3.8, 4) is 11.5 Å². The second kappa shape index (κ2) is 10.2. The molecule has 0 radical (unpaired) electrons. The molecule has 35 heavy (non-hydrogen) atoms. The van der Waals surface area contributed by atoms with Crippen LogP contribution in [0.2, 0.25) is 0 Å². The summed E-state index contributed by atoms with van der Waals surface area (Å²) in [4.78, 5) is 17.6. The van der Waals surface area contributed by atoms with Gasteiger partial charge in [-0.3, -0.25) is 0 Å². The zero-order chi connectivity index (χ0) is 26.0. The fraction of sp³-hybridized carbons (Fsp3) is 0.400. The number of amides is 1. The van der Waals surface area contributed by atoms with Crippen LogP contribution >= 0.6 is 0 Å². The Balaban J connectivity index is 1.88. The highest BCUT2D eigenvalue weighted by Gasteiger charge is 2.29. The molecule has 0 aliphatic rings. The Morgan fingerprint density at radius 1 is 1.17 bits per heavy atom. The van der Waals surface area contributed by atoms with Crippen LogP contribution in [0.1, 0.15) is 44.9 Å². The maximum atomic E-state index is 13.1. The largest absolute Gasteiger partial charge is 0.508 e. The van der Waals surface area contributed by atoms with E-state index in [4.69, 9.17) is 8.92 Å². The number of aromatic hydroxyl groups is 1. The predicted molar refractivity (Wildman–Crippen MR) is 133 cm³/mol. The Bertz CT molecular complexity index is 1290. The van der Waals surface area contributed by atoms with Crippen LogP contribution in [0.4, 0.5) is 4.79 Å². The van der Waals surface area contributed by atoms with E-state index in [-0.39, 0.29) is 18.0 Å². The summed E-state index contributed by atoms with van der Waals surface area (Å²) in [5, 5.41) is 21.3. The second-order valence-electron chi connectivity index (χ2n) is 9.58. The molecule has 2 atom stereocenters. The average molecular weight is 505 g/mol. The van der Waals surface area contributed by atoms with Crippen LogP contribution < -0.4 is 4.18 Å². The van der Waals surface area contributed by atoms with Crippen molar-refractivity contribution in [3.05, 3.63) is 59.8 Å². The molecule has 1 heterocycles. The first-order valence-corrected chi connectivity index (χ1v) is 13.0. The molecule has 9 nitrogen and oxygen atoms in total. The topological polar surface area (TPSA) is 129 Å². The van der Waals surface area contributed by atoms with Crippen molar-refractivity contribution in [3.63, 3.8) is 0 Å². The van der Waals surface area contributed by atoms with E-state index in [0.29, 0.717) is 17.5 Å². The van der Waals surface area contributed by atoms with Gasteiger partial charge in [-0.05, 0) is 63.4 Å². The Labute approximate surface area is 205 Å². The zero-order valence-corrected chi connectivity index (χ0v) is 21.3. The molecule has 2 aromatic carbocycles. The van der Waals surface area contributed by atoms with Crippen molar-refractivity contribution in [1.29, 1.82) is 0 Å². The second-order valence-corrected chi connectivity index (χ2v) is 11.2. The quantitative estimate of drug-likeness (QED) is 0.394. The van der Waals surface area contributed by atoms with Crippen LogP contribution in [0, 0.1) is 0 Å². The molecule has 1 amide bonds. The van der Waals surface area contributed by atoms with Gasteiger partial charge in [0.25, 0.3) is 0 Å². The maximum Gasteiger partial charge on any atom is 0.410 e. The molecule has 0 spiro atoms. The van der Waals surface area contributed by atoms with Gasteiger partial charge in [0.1, 0.15) is 11.4 Å². The number of rotatable bonds is 8. The van der Waals surface area contributed by atoms with Gasteiger partial charge in [0.2, 0.25) is 0 Å². The smallest absolute Gasteiger partial charge is 0.410 e. The Hall–Kier alpha value is -3.24. The lowest BCUT2D eigenvalue weighted by Crippen LogP contribution is -2.45. The number of nitrogens with zero attached hydrogens (tertiary/aromatic N) is 1. The Kier molecular flexibility index (Phi) is 7.66. The number of aromatic amines is 1. The summed E-state index contributed by atoms with van der Waals surface area (Å²) in [5.74, 6) is 0.205. The third kappa shape index (κ3) is 7.12. The molecule has 3 rings (SSSR count). The third-order valence-corrected chi connectivity index (χ3v) is 5.79. The molecule has 10 heteroatoms. The van der Waals surface area contributed by atoms with Gasteiger partial charge in [-0.1, -0.05) is 24.3 Å². The number of aliphatic hydroxyl groups excluding tert-OH is 1. The van der Waals surface area contributed by atoms with Crippen molar-refractivity contribution >= 4 is 27.1 Å². The van der Waals surface area contributed by atoms with Crippen LogP contribution in [0.5, 0.6) is 11.5 Å². The number of hydrogen-bond donors (Lipinski definition) is 3. The van der Waals surface area contributed by atoms with Crippen molar-refractivity contribution in [2.75, 3.05) is 12.8 Å². The van der Waals surface area contributed by atoms with Crippen molar-refractivity contribution in [1.82, 2.24) is 9.88 Å². The fourth-order valence-electron chi connectivity index (χ4n) is 3.79. The fourth-order valence-corrected chi connectivity index (χ4v) is 4.26. The van der Waals surface area contributed by atoms with E-state index < -0.39 is 34.0 Å². The third-order valence-electron chi connectivity index (χ3n) is 5.30. The highest BCUT2D eigenvalue weighted by molar-refractivity contribution is 7.86. The van der Waals surface area contributed by atoms with E-state index in [9.17, 15) is 23.4 Å². The molecular weight excluding hydrogens is 472 g/mol. The van der Waals surface area contributed by atoms with Gasteiger partial charge in [0, 0.05) is 17.6 Å². The van der Waals surface area contributed by atoms with E-state index in [1.54, 1.807) is 51.2 Å². The van der Waals surface area contributed by atoms with Gasteiger partial charge in [-0.25, -0.2) is 4.79 Å². The number of fused-ring (bicyclic) bond motifs is 1. The van der Waals surface area contributed by atoms with E-state index in [2.05, 4.69) is 4.98 Å². The highest BCUT2D eigenvalue weighted by Crippen LogP contribution is 2.30. The number of ether oxygens (including phenoxy) is 1. The first-order chi connectivity index (χ1) is 16.2. The molecule has 3 N–H and O–H groups in total. The average Bonchev–Trinajstić information content (AvgIpc) is 3.13. The van der Waals surface area contributed by atoms with Crippen LogP contribution in [0.15, 0.2) is 48.7 Å². The van der Waals surface area contributed by atoms with Gasteiger partial charge >= 0.3 is 16.2 Å².